The van der Waals surface area contributed by atoms with Crippen molar-refractivity contribution in [2.75, 3.05) is 7.11 Å². The predicted octanol–water partition coefficient (Wildman–Crippen LogP) is 0.221. The number of aryl methyl sites for hydroxylation is 1. The van der Waals surface area contributed by atoms with Gasteiger partial charge in [0.25, 0.3) is 10.0 Å². The topological polar surface area (TPSA) is 105 Å². The van der Waals surface area contributed by atoms with Gasteiger partial charge in [-0.2, -0.15) is 4.72 Å². The van der Waals surface area contributed by atoms with E-state index in [4.69, 9.17) is 0 Å². The molecule has 0 amide bonds. The molecule has 0 aromatic carbocycles. The molecule has 0 aliphatic rings. The van der Waals surface area contributed by atoms with Gasteiger partial charge >= 0.3 is 10.8 Å². The van der Waals surface area contributed by atoms with Crippen molar-refractivity contribution in [3.05, 3.63) is 15.4 Å². The third-order valence-corrected chi connectivity index (χ3v) is 5.47. The van der Waals surface area contributed by atoms with Crippen molar-refractivity contribution >= 4 is 27.3 Å². The minimum absolute atomic E-state index is 0.118. The second-order valence-electron chi connectivity index (χ2n) is 4.29. The number of hydrogen-bond donors (Lipinski definition) is 2. The molecule has 0 radical (unpaired) electrons. The lowest BCUT2D eigenvalue weighted by molar-refractivity contribution is -0.143. The van der Waals surface area contributed by atoms with E-state index in [-0.39, 0.29) is 15.8 Å². The molecule has 9 heteroatoms. The number of carbonyl (C=O) groups is 1. The second kappa shape index (κ2) is 5.85. The summed E-state index contributed by atoms with van der Waals surface area (Å²) in [7, 11) is -2.75. The van der Waals surface area contributed by atoms with Gasteiger partial charge in [-0.15, -0.1) is 0 Å². The van der Waals surface area contributed by atoms with E-state index in [9.17, 15) is 18.0 Å². The van der Waals surface area contributed by atoms with Crippen LogP contribution in [0.4, 0.5) is 0 Å². The van der Waals surface area contributed by atoms with E-state index in [2.05, 4.69) is 14.4 Å². The highest BCUT2D eigenvalue weighted by molar-refractivity contribution is 7.91. The summed E-state index contributed by atoms with van der Waals surface area (Å²) in [5, 5.41) is 0. The van der Waals surface area contributed by atoms with E-state index in [1.165, 1.54) is 14.0 Å². The van der Waals surface area contributed by atoms with Crippen molar-refractivity contribution < 1.29 is 17.9 Å². The van der Waals surface area contributed by atoms with Gasteiger partial charge in [-0.25, -0.2) is 8.42 Å². The number of aromatic amines is 1. The lowest BCUT2D eigenvalue weighted by Crippen LogP contribution is -2.44. The van der Waals surface area contributed by atoms with Gasteiger partial charge in [-0.05, 0) is 12.8 Å². The number of esters is 1. The number of H-pyrrole nitrogens is 1. The molecule has 0 unspecified atom stereocenters. The van der Waals surface area contributed by atoms with Crippen molar-refractivity contribution in [2.45, 2.75) is 31.0 Å². The molecule has 0 aliphatic carbocycles. The Hall–Kier alpha value is -1.19. The van der Waals surface area contributed by atoms with Crippen LogP contribution in [0.5, 0.6) is 0 Å². The van der Waals surface area contributed by atoms with E-state index >= 15 is 0 Å². The molecular weight excluding hydrogens is 292 g/mol. The zero-order valence-corrected chi connectivity index (χ0v) is 12.6. The van der Waals surface area contributed by atoms with Crippen LogP contribution in [0, 0.1) is 12.8 Å². The van der Waals surface area contributed by atoms with Crippen molar-refractivity contribution in [1.29, 1.82) is 0 Å². The maximum Gasteiger partial charge on any atom is 0.324 e. The Kier molecular flexibility index (Phi) is 4.88. The zero-order chi connectivity index (χ0) is 14.8. The first kappa shape index (κ1) is 15.9. The normalized spacial score (nSPS) is 13.5. The van der Waals surface area contributed by atoms with Gasteiger partial charge in [0.1, 0.15) is 6.04 Å². The number of rotatable bonds is 5. The Labute approximate surface area is 115 Å². The lowest BCUT2D eigenvalue weighted by Gasteiger charge is -2.19. The molecular formula is C10H16N2O5S2. The Morgan fingerprint density at radius 1 is 1.42 bits per heavy atom. The average Bonchev–Trinajstić information content (AvgIpc) is 2.65. The molecule has 7 nitrogen and oxygen atoms in total. The van der Waals surface area contributed by atoms with Crippen LogP contribution in [0.25, 0.3) is 0 Å². The predicted molar refractivity (Wildman–Crippen MR) is 70.6 cm³/mol. The summed E-state index contributed by atoms with van der Waals surface area (Å²) in [6, 6.07) is -0.994. The highest BCUT2D eigenvalue weighted by Gasteiger charge is 2.31. The fraction of sp³-hybridized carbons (Fsp3) is 0.600. The summed E-state index contributed by atoms with van der Waals surface area (Å²) >= 11 is 0.581. The largest absolute Gasteiger partial charge is 0.468 e. The SMILES string of the molecule is COC(=O)[C@@H](NS(=O)(=O)c1sc(=O)[nH]c1C)C(C)C. The molecule has 1 rings (SSSR count). The number of nitrogens with one attached hydrogen (secondary N) is 2. The smallest absolute Gasteiger partial charge is 0.324 e. The molecule has 1 aromatic rings. The Morgan fingerprint density at radius 2 is 2.00 bits per heavy atom. The minimum Gasteiger partial charge on any atom is -0.468 e. The van der Waals surface area contributed by atoms with E-state index in [1.807, 2.05) is 0 Å². The summed E-state index contributed by atoms with van der Waals surface area (Å²) in [5.74, 6) is -0.947. The fourth-order valence-electron chi connectivity index (χ4n) is 1.45. The monoisotopic (exact) mass is 308 g/mol. The van der Waals surface area contributed by atoms with Gasteiger partial charge in [-0.3, -0.25) is 9.59 Å². The summed E-state index contributed by atoms with van der Waals surface area (Å²) in [4.78, 5) is 24.6. The van der Waals surface area contributed by atoms with Crippen LogP contribution in [-0.4, -0.2) is 32.5 Å². The van der Waals surface area contributed by atoms with Gasteiger partial charge in [0.2, 0.25) is 0 Å². The first-order chi connectivity index (χ1) is 8.69. The molecule has 19 heavy (non-hydrogen) atoms. The minimum atomic E-state index is -3.93. The van der Waals surface area contributed by atoms with Crippen molar-refractivity contribution in [1.82, 2.24) is 9.71 Å². The van der Waals surface area contributed by atoms with Crippen molar-refractivity contribution in [3.8, 4) is 0 Å². The van der Waals surface area contributed by atoms with E-state index < -0.39 is 26.9 Å². The summed E-state index contributed by atoms with van der Waals surface area (Å²) in [6.45, 7) is 4.86. The van der Waals surface area contributed by atoms with Gasteiger partial charge in [-0.1, -0.05) is 25.2 Å². The number of hydrogen-bond acceptors (Lipinski definition) is 6. The third kappa shape index (κ3) is 3.64. The molecule has 0 bridgehead atoms. The van der Waals surface area contributed by atoms with E-state index in [0.717, 1.165) is 0 Å². The maximum absolute atomic E-state index is 12.1. The fourth-order valence-corrected chi connectivity index (χ4v) is 4.10. The standard InChI is InChI=1S/C10H16N2O5S2/c1-5(2)7(8(13)17-4)12-19(15,16)9-6(3)11-10(14)18-9/h5,7,12H,1-4H3,(H,11,14)/t7-/m0/s1. The maximum atomic E-state index is 12.1. The molecule has 0 aliphatic heterocycles. The summed E-state index contributed by atoms with van der Waals surface area (Å²) < 4.78 is 31.0. The molecule has 1 atom stereocenters. The van der Waals surface area contributed by atoms with Crippen LogP contribution in [0.15, 0.2) is 9.00 Å². The summed E-state index contributed by atoms with van der Waals surface area (Å²) in [5.41, 5.74) is 0.245. The highest BCUT2D eigenvalue weighted by atomic mass is 32.2. The van der Waals surface area contributed by atoms with Gasteiger partial charge in [0.05, 0.1) is 7.11 Å². The van der Waals surface area contributed by atoms with Crippen LogP contribution in [0.2, 0.25) is 0 Å². The molecule has 1 heterocycles. The van der Waals surface area contributed by atoms with Gasteiger partial charge in [0.15, 0.2) is 4.21 Å². The van der Waals surface area contributed by atoms with E-state index in [1.54, 1.807) is 13.8 Å². The third-order valence-electron chi connectivity index (χ3n) is 2.43. The number of thiazole rings is 1. The second-order valence-corrected chi connectivity index (χ2v) is 7.19. The highest BCUT2D eigenvalue weighted by Crippen LogP contribution is 2.17. The van der Waals surface area contributed by atoms with Gasteiger partial charge in [0, 0.05) is 5.69 Å². The van der Waals surface area contributed by atoms with Crippen LogP contribution in [0.3, 0.4) is 0 Å². The number of aromatic nitrogens is 1. The number of sulfonamides is 1. The molecule has 1 aromatic heterocycles. The first-order valence-electron chi connectivity index (χ1n) is 5.49. The van der Waals surface area contributed by atoms with Crippen molar-refractivity contribution in [3.63, 3.8) is 0 Å². The summed E-state index contributed by atoms with van der Waals surface area (Å²) in [6.07, 6.45) is 0. The Balaban J connectivity index is 3.11. The number of methoxy groups -OCH3 is 1. The van der Waals surface area contributed by atoms with Gasteiger partial charge < -0.3 is 9.72 Å². The van der Waals surface area contributed by atoms with Crippen LogP contribution in [0.1, 0.15) is 19.5 Å². The molecule has 108 valence electrons. The van der Waals surface area contributed by atoms with E-state index in [0.29, 0.717) is 11.3 Å². The zero-order valence-electron chi connectivity index (χ0n) is 11.0. The Bertz CT molecular complexity index is 614. The van der Waals surface area contributed by atoms with Crippen LogP contribution < -0.4 is 9.60 Å². The van der Waals surface area contributed by atoms with Crippen LogP contribution >= 0.6 is 11.3 Å². The van der Waals surface area contributed by atoms with Crippen LogP contribution in [-0.2, 0) is 19.6 Å². The molecule has 0 spiro atoms. The molecule has 0 saturated heterocycles. The molecule has 0 saturated carbocycles. The first-order valence-corrected chi connectivity index (χ1v) is 7.79. The Morgan fingerprint density at radius 3 is 2.37 bits per heavy atom. The average molecular weight is 308 g/mol. The quantitative estimate of drug-likeness (QED) is 0.757. The number of carbonyl (C=O) groups excluding carboxylic acids is 1. The number of ether oxygens (including phenoxy) is 1. The lowest BCUT2D eigenvalue weighted by atomic mass is 10.1. The van der Waals surface area contributed by atoms with Crippen molar-refractivity contribution in [2.24, 2.45) is 5.92 Å². The molecule has 0 fully saturated rings. The molecule has 2 N–H and O–H groups in total.